The number of carbonyl (C=O) groups is 1. The number of carbonyl (C=O) groups excluding carboxylic acids is 1. The lowest BCUT2D eigenvalue weighted by Gasteiger charge is -2.16. The van der Waals surface area contributed by atoms with Crippen molar-refractivity contribution in [1.29, 1.82) is 0 Å². The molecule has 0 aliphatic carbocycles. The molecule has 0 saturated carbocycles. The zero-order valence-corrected chi connectivity index (χ0v) is 14.5. The Morgan fingerprint density at radius 3 is 2.75 bits per heavy atom. The van der Waals surface area contributed by atoms with E-state index in [2.05, 4.69) is 12.2 Å². The molecule has 0 bridgehead atoms. The van der Waals surface area contributed by atoms with E-state index < -0.39 is 0 Å². The van der Waals surface area contributed by atoms with E-state index in [1.165, 1.54) is 6.26 Å². The Labute approximate surface area is 143 Å². The molecule has 24 heavy (non-hydrogen) atoms. The van der Waals surface area contributed by atoms with Gasteiger partial charge in [-0.1, -0.05) is 25.8 Å². The third-order valence-electron chi connectivity index (χ3n) is 3.79. The van der Waals surface area contributed by atoms with Crippen molar-refractivity contribution in [1.82, 2.24) is 5.32 Å². The summed E-state index contributed by atoms with van der Waals surface area (Å²) < 4.78 is 16.3. The van der Waals surface area contributed by atoms with Gasteiger partial charge < -0.3 is 19.2 Å². The summed E-state index contributed by atoms with van der Waals surface area (Å²) in [4.78, 5) is 12.1. The van der Waals surface area contributed by atoms with Crippen LogP contribution in [-0.4, -0.2) is 19.6 Å². The summed E-state index contributed by atoms with van der Waals surface area (Å²) in [5, 5.41) is 2.90. The molecule has 5 nitrogen and oxygen atoms in total. The Morgan fingerprint density at radius 2 is 2.08 bits per heavy atom. The van der Waals surface area contributed by atoms with Crippen LogP contribution in [0.2, 0.25) is 0 Å². The van der Waals surface area contributed by atoms with Crippen LogP contribution < -0.4 is 14.8 Å². The molecular weight excluding hydrogens is 306 g/mol. The fourth-order valence-electron chi connectivity index (χ4n) is 2.37. The first kappa shape index (κ1) is 17.9. The van der Waals surface area contributed by atoms with Crippen molar-refractivity contribution in [3.63, 3.8) is 0 Å². The third-order valence-corrected chi connectivity index (χ3v) is 3.79. The number of furan rings is 1. The van der Waals surface area contributed by atoms with Crippen LogP contribution in [0.5, 0.6) is 11.5 Å². The van der Waals surface area contributed by atoms with Gasteiger partial charge in [0.25, 0.3) is 5.91 Å². The molecule has 0 radical (unpaired) electrons. The second-order valence-electron chi connectivity index (χ2n) is 5.64. The summed E-state index contributed by atoms with van der Waals surface area (Å²) in [6, 6.07) is 8.86. The minimum absolute atomic E-state index is 0.175. The molecule has 0 spiro atoms. The van der Waals surface area contributed by atoms with Crippen molar-refractivity contribution in [3.8, 4) is 11.5 Å². The second kappa shape index (κ2) is 9.01. The first-order valence-electron chi connectivity index (χ1n) is 8.30. The smallest absolute Gasteiger partial charge is 0.287 e. The topological polar surface area (TPSA) is 60.7 Å². The van der Waals surface area contributed by atoms with Gasteiger partial charge in [0, 0.05) is 0 Å². The van der Waals surface area contributed by atoms with Crippen LogP contribution in [0.3, 0.4) is 0 Å². The van der Waals surface area contributed by atoms with Crippen LogP contribution in [0.1, 0.15) is 55.3 Å². The van der Waals surface area contributed by atoms with Gasteiger partial charge in [0.1, 0.15) is 0 Å². The first-order valence-corrected chi connectivity index (χ1v) is 8.30. The average Bonchev–Trinajstić information content (AvgIpc) is 3.13. The highest BCUT2D eigenvalue weighted by Gasteiger charge is 2.15. The highest BCUT2D eigenvalue weighted by molar-refractivity contribution is 5.91. The van der Waals surface area contributed by atoms with Gasteiger partial charge in [-0.2, -0.15) is 0 Å². The largest absolute Gasteiger partial charge is 0.493 e. The second-order valence-corrected chi connectivity index (χ2v) is 5.64. The monoisotopic (exact) mass is 331 g/mol. The van der Waals surface area contributed by atoms with Crippen LogP contribution in [0.15, 0.2) is 41.0 Å². The number of hydrogen-bond donors (Lipinski definition) is 1. The molecule has 1 heterocycles. The minimum atomic E-state index is -0.244. The highest BCUT2D eigenvalue weighted by atomic mass is 16.5. The van der Waals surface area contributed by atoms with E-state index >= 15 is 0 Å². The summed E-state index contributed by atoms with van der Waals surface area (Å²) in [5.41, 5.74) is 0.938. The maximum atomic E-state index is 12.1. The lowest BCUT2D eigenvalue weighted by molar-refractivity contribution is 0.0912. The quantitative estimate of drug-likeness (QED) is 0.694. The normalized spacial score (nSPS) is 11.8. The van der Waals surface area contributed by atoms with E-state index in [0.717, 1.165) is 30.6 Å². The number of ether oxygens (including phenoxy) is 2. The zero-order chi connectivity index (χ0) is 17.4. The SMILES string of the molecule is CCCCCOc1ccc(C(C)NC(=O)c2ccco2)cc1OC. The predicted molar refractivity (Wildman–Crippen MR) is 92.6 cm³/mol. The fourth-order valence-corrected chi connectivity index (χ4v) is 2.37. The maximum Gasteiger partial charge on any atom is 0.287 e. The Balaban J connectivity index is 2.00. The number of methoxy groups -OCH3 is 1. The molecule has 1 aromatic heterocycles. The standard InChI is InChI=1S/C19H25NO4/c1-4-5-6-11-23-16-10-9-15(13-18(16)22-3)14(2)20-19(21)17-8-7-12-24-17/h7-10,12-14H,4-6,11H2,1-3H3,(H,20,21). The molecule has 2 rings (SSSR count). The van der Waals surface area contributed by atoms with E-state index in [-0.39, 0.29) is 11.9 Å². The zero-order valence-electron chi connectivity index (χ0n) is 14.5. The first-order chi connectivity index (χ1) is 11.7. The van der Waals surface area contributed by atoms with Crippen molar-refractivity contribution in [2.45, 2.75) is 39.2 Å². The van der Waals surface area contributed by atoms with Crippen molar-refractivity contribution >= 4 is 5.91 Å². The highest BCUT2D eigenvalue weighted by Crippen LogP contribution is 2.30. The van der Waals surface area contributed by atoms with Gasteiger partial charge in [-0.15, -0.1) is 0 Å². The Kier molecular flexibility index (Phi) is 6.73. The van der Waals surface area contributed by atoms with Gasteiger partial charge in [-0.25, -0.2) is 0 Å². The van der Waals surface area contributed by atoms with E-state index in [0.29, 0.717) is 18.1 Å². The molecule has 0 aliphatic rings. The van der Waals surface area contributed by atoms with Crippen molar-refractivity contribution in [2.75, 3.05) is 13.7 Å². The van der Waals surface area contributed by atoms with Gasteiger partial charge in [0.15, 0.2) is 17.3 Å². The molecule has 1 atom stereocenters. The molecule has 130 valence electrons. The number of rotatable bonds is 9. The van der Waals surface area contributed by atoms with Crippen molar-refractivity contribution in [2.24, 2.45) is 0 Å². The van der Waals surface area contributed by atoms with Gasteiger partial charge in [-0.3, -0.25) is 4.79 Å². The third kappa shape index (κ3) is 4.78. The summed E-state index contributed by atoms with van der Waals surface area (Å²) in [6.07, 6.45) is 4.81. The predicted octanol–water partition coefficient (Wildman–Crippen LogP) is 4.35. The number of unbranched alkanes of at least 4 members (excludes halogenated alkanes) is 2. The van der Waals surface area contributed by atoms with Crippen LogP contribution in [0.25, 0.3) is 0 Å². The van der Waals surface area contributed by atoms with Gasteiger partial charge in [0.05, 0.1) is 26.0 Å². The van der Waals surface area contributed by atoms with E-state index in [4.69, 9.17) is 13.9 Å². The average molecular weight is 331 g/mol. The Hall–Kier alpha value is -2.43. The van der Waals surface area contributed by atoms with Crippen LogP contribution in [-0.2, 0) is 0 Å². The molecule has 1 amide bonds. The van der Waals surface area contributed by atoms with Crippen molar-refractivity contribution < 1.29 is 18.7 Å². The maximum absolute atomic E-state index is 12.1. The van der Waals surface area contributed by atoms with Crippen molar-refractivity contribution in [3.05, 3.63) is 47.9 Å². The molecule has 2 aromatic rings. The number of hydrogen-bond acceptors (Lipinski definition) is 4. The van der Waals surface area contributed by atoms with E-state index in [9.17, 15) is 4.79 Å². The van der Waals surface area contributed by atoms with Gasteiger partial charge in [0.2, 0.25) is 0 Å². The number of benzene rings is 1. The van der Waals surface area contributed by atoms with Crippen LogP contribution in [0.4, 0.5) is 0 Å². The van der Waals surface area contributed by atoms with Gasteiger partial charge in [-0.05, 0) is 43.2 Å². The number of nitrogens with one attached hydrogen (secondary N) is 1. The summed E-state index contributed by atoms with van der Waals surface area (Å²) >= 11 is 0. The Morgan fingerprint density at radius 1 is 1.25 bits per heavy atom. The summed E-state index contributed by atoms with van der Waals surface area (Å²) in [5.74, 6) is 1.45. The summed E-state index contributed by atoms with van der Waals surface area (Å²) in [7, 11) is 1.62. The lowest BCUT2D eigenvalue weighted by Crippen LogP contribution is -2.26. The fraction of sp³-hybridized carbons (Fsp3) is 0.421. The molecular formula is C19H25NO4. The molecule has 1 aromatic carbocycles. The van der Waals surface area contributed by atoms with E-state index in [1.54, 1.807) is 19.2 Å². The molecule has 1 unspecified atom stereocenters. The van der Waals surface area contributed by atoms with E-state index in [1.807, 2.05) is 25.1 Å². The number of amides is 1. The van der Waals surface area contributed by atoms with Gasteiger partial charge >= 0.3 is 0 Å². The van der Waals surface area contributed by atoms with Crippen LogP contribution in [0, 0.1) is 0 Å². The molecule has 0 aliphatic heterocycles. The summed E-state index contributed by atoms with van der Waals surface area (Å²) in [6.45, 7) is 4.75. The molecule has 5 heteroatoms. The molecule has 0 saturated heterocycles. The minimum Gasteiger partial charge on any atom is -0.493 e. The lowest BCUT2D eigenvalue weighted by atomic mass is 10.1. The van der Waals surface area contributed by atoms with Crippen LogP contribution >= 0.6 is 0 Å². The molecule has 0 fully saturated rings. The Bertz CT molecular complexity index is 637. The molecule has 1 N–H and O–H groups in total.